The molecule has 2 N–H and O–H groups in total. The van der Waals surface area contributed by atoms with Crippen LogP contribution in [0.25, 0.3) is 0 Å². The van der Waals surface area contributed by atoms with Gasteiger partial charge in [-0.25, -0.2) is 4.79 Å². The van der Waals surface area contributed by atoms with Crippen molar-refractivity contribution in [3.05, 3.63) is 29.8 Å². The maximum absolute atomic E-state index is 11.2. The summed E-state index contributed by atoms with van der Waals surface area (Å²) in [7, 11) is 0. The molecule has 108 valence electrons. The number of amides is 1. The molecule has 0 saturated carbocycles. The highest BCUT2D eigenvalue weighted by molar-refractivity contribution is 5.70. The Morgan fingerprint density at radius 3 is 2.70 bits per heavy atom. The number of nitrogens with zero attached hydrogens (tertiary/aromatic N) is 1. The summed E-state index contributed by atoms with van der Waals surface area (Å²) < 4.78 is 5.40. The lowest BCUT2D eigenvalue weighted by Gasteiger charge is -2.37. The summed E-state index contributed by atoms with van der Waals surface area (Å²) in [5, 5.41) is 12.5. The van der Waals surface area contributed by atoms with Crippen LogP contribution in [0.2, 0.25) is 0 Å². The Morgan fingerprint density at radius 2 is 2.05 bits per heavy atom. The Balaban J connectivity index is 1.50. The Kier molecular flexibility index (Phi) is 3.53. The summed E-state index contributed by atoms with van der Waals surface area (Å²) in [6.45, 7) is 3.43. The predicted octanol–water partition coefficient (Wildman–Crippen LogP) is 1.51. The van der Waals surface area contributed by atoms with Gasteiger partial charge >= 0.3 is 6.09 Å². The van der Waals surface area contributed by atoms with Crippen molar-refractivity contribution in [2.45, 2.75) is 24.9 Å². The van der Waals surface area contributed by atoms with Crippen molar-refractivity contribution in [2.75, 3.05) is 26.2 Å². The molecule has 0 unspecified atom stereocenters. The number of rotatable bonds is 3. The molecule has 2 aliphatic rings. The molecule has 1 amide bonds. The molecule has 3 rings (SSSR count). The normalized spacial score (nSPS) is 21.7. The predicted molar refractivity (Wildman–Crippen MR) is 74.7 cm³/mol. The van der Waals surface area contributed by atoms with Gasteiger partial charge in [-0.15, -0.1) is 0 Å². The molecule has 0 aliphatic carbocycles. The average Bonchev–Trinajstić information content (AvgIpc) is 2.81. The maximum Gasteiger partial charge on any atom is 0.407 e. The number of ether oxygens (including phenoxy) is 1. The van der Waals surface area contributed by atoms with Crippen molar-refractivity contribution in [1.29, 1.82) is 0 Å². The Bertz CT molecular complexity index is 496. The molecule has 2 aliphatic heterocycles. The molecule has 2 heterocycles. The number of nitrogens with one attached hydrogen (secondary N) is 1. The minimum atomic E-state index is -0.285. The van der Waals surface area contributed by atoms with E-state index in [0.717, 1.165) is 44.5 Å². The number of carbonyl (C=O) groups excluding carboxylic acids is 1. The molecule has 2 saturated heterocycles. The van der Waals surface area contributed by atoms with Gasteiger partial charge in [0.2, 0.25) is 0 Å². The van der Waals surface area contributed by atoms with E-state index >= 15 is 0 Å². The maximum atomic E-state index is 11.2. The van der Waals surface area contributed by atoms with Crippen LogP contribution < -0.4 is 5.32 Å². The van der Waals surface area contributed by atoms with E-state index in [4.69, 9.17) is 4.74 Å². The number of benzene rings is 1. The SMILES string of the molecule is O=C1NCC2(CCN(CCc3ccccc3O)CC2)O1. The van der Waals surface area contributed by atoms with Gasteiger partial charge < -0.3 is 20.1 Å². The molecule has 1 aromatic rings. The molecule has 1 aromatic carbocycles. The fraction of sp³-hybridized carbons (Fsp3) is 0.533. The molecule has 5 heteroatoms. The van der Waals surface area contributed by atoms with Crippen LogP contribution in [-0.2, 0) is 11.2 Å². The van der Waals surface area contributed by atoms with Crippen LogP contribution in [0.1, 0.15) is 18.4 Å². The van der Waals surface area contributed by atoms with Crippen molar-refractivity contribution < 1.29 is 14.6 Å². The second-order valence-electron chi connectivity index (χ2n) is 5.65. The lowest BCUT2D eigenvalue weighted by atomic mass is 9.91. The second kappa shape index (κ2) is 5.32. The van der Waals surface area contributed by atoms with Crippen molar-refractivity contribution >= 4 is 6.09 Å². The standard InChI is InChI=1S/C15H20N2O3/c18-13-4-2-1-3-12(13)5-8-17-9-6-15(7-10-17)11-16-14(19)20-15/h1-4,18H,5-11H2,(H,16,19). The number of piperidine rings is 1. The quantitative estimate of drug-likeness (QED) is 0.878. The highest BCUT2D eigenvalue weighted by Crippen LogP contribution is 2.29. The first-order valence-electron chi connectivity index (χ1n) is 7.13. The first-order valence-corrected chi connectivity index (χ1v) is 7.13. The van der Waals surface area contributed by atoms with Crippen molar-refractivity contribution in [3.8, 4) is 5.75 Å². The summed E-state index contributed by atoms with van der Waals surface area (Å²) in [5.41, 5.74) is 0.712. The van der Waals surface area contributed by atoms with Gasteiger partial charge in [-0.2, -0.15) is 0 Å². The summed E-state index contributed by atoms with van der Waals surface area (Å²) in [6, 6.07) is 7.47. The fourth-order valence-electron chi connectivity index (χ4n) is 2.97. The third-order valence-corrected chi connectivity index (χ3v) is 4.32. The van der Waals surface area contributed by atoms with E-state index in [1.165, 1.54) is 0 Å². The Morgan fingerprint density at radius 1 is 1.30 bits per heavy atom. The lowest BCUT2D eigenvalue weighted by molar-refractivity contribution is 0.00120. The number of phenols is 1. The van der Waals surface area contributed by atoms with Gasteiger partial charge in [0.15, 0.2) is 0 Å². The first-order chi connectivity index (χ1) is 9.67. The summed E-state index contributed by atoms with van der Waals surface area (Å²) in [6.07, 6.45) is 2.32. The van der Waals surface area contributed by atoms with Crippen molar-refractivity contribution in [1.82, 2.24) is 10.2 Å². The van der Waals surface area contributed by atoms with Crippen molar-refractivity contribution in [3.63, 3.8) is 0 Å². The van der Waals surface area contributed by atoms with E-state index in [1.54, 1.807) is 6.07 Å². The smallest absolute Gasteiger partial charge is 0.407 e. The molecular weight excluding hydrogens is 256 g/mol. The van der Waals surface area contributed by atoms with Gasteiger partial charge in [-0.1, -0.05) is 18.2 Å². The molecule has 1 spiro atoms. The number of para-hydroxylation sites is 1. The zero-order valence-electron chi connectivity index (χ0n) is 11.5. The van der Waals surface area contributed by atoms with Crippen LogP contribution in [0.15, 0.2) is 24.3 Å². The highest BCUT2D eigenvalue weighted by atomic mass is 16.6. The third kappa shape index (κ3) is 2.72. The van der Waals surface area contributed by atoms with Gasteiger partial charge in [-0.05, 0) is 18.1 Å². The third-order valence-electron chi connectivity index (χ3n) is 4.32. The number of phenolic OH excluding ortho intramolecular Hbond substituents is 1. The summed E-state index contributed by atoms with van der Waals surface area (Å²) in [5.74, 6) is 0.370. The number of likely N-dealkylation sites (tertiary alicyclic amines) is 1. The average molecular weight is 276 g/mol. The minimum absolute atomic E-state index is 0.275. The van der Waals surface area contributed by atoms with Crippen LogP contribution >= 0.6 is 0 Å². The van der Waals surface area contributed by atoms with E-state index in [0.29, 0.717) is 12.3 Å². The van der Waals surface area contributed by atoms with Crippen LogP contribution in [0.4, 0.5) is 4.79 Å². The molecule has 20 heavy (non-hydrogen) atoms. The Labute approximate surface area is 118 Å². The second-order valence-corrected chi connectivity index (χ2v) is 5.65. The first kappa shape index (κ1) is 13.2. The largest absolute Gasteiger partial charge is 0.508 e. The van der Waals surface area contributed by atoms with Gasteiger partial charge in [0, 0.05) is 32.5 Å². The van der Waals surface area contributed by atoms with Crippen LogP contribution in [0.5, 0.6) is 5.75 Å². The molecular formula is C15H20N2O3. The van der Waals surface area contributed by atoms with E-state index in [2.05, 4.69) is 10.2 Å². The molecule has 0 radical (unpaired) electrons. The molecule has 5 nitrogen and oxygen atoms in total. The lowest BCUT2D eigenvalue weighted by Crippen LogP contribution is -2.47. The van der Waals surface area contributed by atoms with Gasteiger partial charge in [-0.3, -0.25) is 0 Å². The number of carbonyl (C=O) groups is 1. The monoisotopic (exact) mass is 276 g/mol. The highest BCUT2D eigenvalue weighted by Gasteiger charge is 2.42. The zero-order chi connectivity index (χ0) is 14.0. The van der Waals surface area contributed by atoms with Gasteiger partial charge in [0.25, 0.3) is 0 Å². The minimum Gasteiger partial charge on any atom is -0.508 e. The van der Waals surface area contributed by atoms with Crippen molar-refractivity contribution in [2.24, 2.45) is 0 Å². The van der Waals surface area contributed by atoms with Crippen LogP contribution in [0.3, 0.4) is 0 Å². The number of hydrogen-bond acceptors (Lipinski definition) is 4. The van der Waals surface area contributed by atoms with Crippen LogP contribution in [-0.4, -0.2) is 47.9 Å². The topological polar surface area (TPSA) is 61.8 Å². The number of alkyl carbamates (subject to hydrolysis) is 1. The van der Waals surface area contributed by atoms with E-state index in [1.807, 2.05) is 18.2 Å². The molecule has 0 aromatic heterocycles. The van der Waals surface area contributed by atoms with E-state index in [-0.39, 0.29) is 11.7 Å². The van der Waals surface area contributed by atoms with Gasteiger partial charge in [0.05, 0.1) is 6.54 Å². The molecule has 0 atom stereocenters. The zero-order valence-corrected chi connectivity index (χ0v) is 11.5. The summed E-state index contributed by atoms with van der Waals surface area (Å²) in [4.78, 5) is 13.5. The fourth-order valence-corrected chi connectivity index (χ4v) is 2.97. The van der Waals surface area contributed by atoms with E-state index < -0.39 is 0 Å². The van der Waals surface area contributed by atoms with Crippen LogP contribution in [0, 0.1) is 0 Å². The summed E-state index contributed by atoms with van der Waals surface area (Å²) >= 11 is 0. The van der Waals surface area contributed by atoms with Gasteiger partial charge in [0.1, 0.15) is 11.4 Å². The Hall–Kier alpha value is -1.75. The molecule has 2 fully saturated rings. The number of hydrogen-bond donors (Lipinski definition) is 2. The number of aromatic hydroxyl groups is 1. The molecule has 0 bridgehead atoms. The van der Waals surface area contributed by atoms with E-state index in [9.17, 15) is 9.90 Å².